The molecule has 0 amide bonds. The molecule has 0 saturated heterocycles. The van der Waals surface area contributed by atoms with E-state index in [-0.39, 0.29) is 0 Å². The lowest BCUT2D eigenvalue weighted by atomic mass is 10.1. The average Bonchev–Trinajstić information content (AvgIpc) is 2.42. The lowest BCUT2D eigenvalue weighted by Gasteiger charge is -2.12. The van der Waals surface area contributed by atoms with Crippen LogP contribution in [0.5, 0.6) is 0 Å². The van der Waals surface area contributed by atoms with E-state index < -0.39 is 0 Å². The third kappa shape index (κ3) is 3.20. The van der Waals surface area contributed by atoms with Crippen LogP contribution in [0.1, 0.15) is 28.9 Å². The van der Waals surface area contributed by atoms with Crippen molar-refractivity contribution in [2.45, 2.75) is 33.6 Å². The Labute approximate surface area is 120 Å². The SMILES string of the molecule is CNCCCc1c(C)nc(-c2ccncc2C)nc1C. The summed E-state index contributed by atoms with van der Waals surface area (Å²) in [6.07, 6.45) is 5.77. The summed E-state index contributed by atoms with van der Waals surface area (Å²) >= 11 is 0. The zero-order valence-electron chi connectivity index (χ0n) is 12.7. The van der Waals surface area contributed by atoms with Crippen molar-refractivity contribution in [3.63, 3.8) is 0 Å². The van der Waals surface area contributed by atoms with E-state index in [0.717, 1.165) is 47.7 Å². The molecular weight excluding hydrogens is 248 g/mol. The van der Waals surface area contributed by atoms with Crippen molar-refractivity contribution in [1.29, 1.82) is 0 Å². The highest BCUT2D eigenvalue weighted by Crippen LogP contribution is 2.21. The van der Waals surface area contributed by atoms with Crippen LogP contribution >= 0.6 is 0 Å². The van der Waals surface area contributed by atoms with Crippen LogP contribution in [0.15, 0.2) is 18.5 Å². The Balaban J connectivity index is 2.33. The number of nitrogens with zero attached hydrogens (tertiary/aromatic N) is 3. The molecule has 1 N–H and O–H groups in total. The molecule has 2 aromatic heterocycles. The van der Waals surface area contributed by atoms with E-state index >= 15 is 0 Å². The molecule has 0 fully saturated rings. The second-order valence-electron chi connectivity index (χ2n) is 5.09. The molecule has 0 bridgehead atoms. The average molecular weight is 270 g/mol. The lowest BCUT2D eigenvalue weighted by molar-refractivity contribution is 0.715. The fourth-order valence-electron chi connectivity index (χ4n) is 2.39. The highest BCUT2D eigenvalue weighted by atomic mass is 14.9. The van der Waals surface area contributed by atoms with E-state index in [9.17, 15) is 0 Å². The van der Waals surface area contributed by atoms with Crippen LogP contribution in [0.25, 0.3) is 11.4 Å². The van der Waals surface area contributed by atoms with Gasteiger partial charge in [0.1, 0.15) is 0 Å². The molecule has 2 aromatic rings. The molecule has 0 radical (unpaired) electrons. The first-order valence-electron chi connectivity index (χ1n) is 7.03. The van der Waals surface area contributed by atoms with Crippen LogP contribution < -0.4 is 5.32 Å². The first-order chi connectivity index (χ1) is 9.63. The number of pyridine rings is 1. The summed E-state index contributed by atoms with van der Waals surface area (Å²) in [5.41, 5.74) is 5.61. The summed E-state index contributed by atoms with van der Waals surface area (Å²) in [5, 5.41) is 3.17. The van der Waals surface area contributed by atoms with Gasteiger partial charge in [0.25, 0.3) is 0 Å². The van der Waals surface area contributed by atoms with Crippen LogP contribution in [0.3, 0.4) is 0 Å². The Morgan fingerprint density at radius 3 is 2.40 bits per heavy atom. The molecular formula is C16H22N4. The molecule has 0 atom stereocenters. The first kappa shape index (κ1) is 14.6. The third-order valence-electron chi connectivity index (χ3n) is 3.54. The zero-order valence-corrected chi connectivity index (χ0v) is 12.7. The maximum absolute atomic E-state index is 4.68. The van der Waals surface area contributed by atoms with Gasteiger partial charge in [-0.05, 0) is 64.4 Å². The molecule has 4 nitrogen and oxygen atoms in total. The monoisotopic (exact) mass is 270 g/mol. The van der Waals surface area contributed by atoms with Gasteiger partial charge < -0.3 is 5.32 Å². The Morgan fingerprint density at radius 2 is 1.80 bits per heavy atom. The highest BCUT2D eigenvalue weighted by molar-refractivity contribution is 5.59. The van der Waals surface area contributed by atoms with E-state index in [1.165, 1.54) is 5.56 Å². The topological polar surface area (TPSA) is 50.7 Å². The van der Waals surface area contributed by atoms with E-state index in [1.54, 1.807) is 6.20 Å². The predicted molar refractivity (Wildman–Crippen MR) is 81.7 cm³/mol. The van der Waals surface area contributed by atoms with Gasteiger partial charge in [-0.3, -0.25) is 4.98 Å². The van der Waals surface area contributed by atoms with Crippen molar-refractivity contribution in [1.82, 2.24) is 20.3 Å². The number of aryl methyl sites for hydroxylation is 3. The third-order valence-corrected chi connectivity index (χ3v) is 3.54. The second-order valence-corrected chi connectivity index (χ2v) is 5.09. The Morgan fingerprint density at radius 1 is 1.10 bits per heavy atom. The van der Waals surface area contributed by atoms with Crippen LogP contribution in [-0.4, -0.2) is 28.5 Å². The van der Waals surface area contributed by atoms with Crippen LogP contribution in [0.2, 0.25) is 0 Å². The molecule has 0 aromatic carbocycles. The first-order valence-corrected chi connectivity index (χ1v) is 7.03. The van der Waals surface area contributed by atoms with Crippen molar-refractivity contribution in [2.75, 3.05) is 13.6 Å². The van der Waals surface area contributed by atoms with Gasteiger partial charge in [-0.1, -0.05) is 0 Å². The van der Waals surface area contributed by atoms with Gasteiger partial charge in [-0.2, -0.15) is 0 Å². The molecule has 2 rings (SSSR count). The van der Waals surface area contributed by atoms with Crippen LogP contribution in [-0.2, 0) is 6.42 Å². The summed E-state index contributed by atoms with van der Waals surface area (Å²) in [6, 6.07) is 1.98. The normalized spacial score (nSPS) is 10.8. The van der Waals surface area contributed by atoms with Gasteiger partial charge in [0.05, 0.1) is 0 Å². The van der Waals surface area contributed by atoms with E-state index in [2.05, 4.69) is 34.1 Å². The molecule has 106 valence electrons. The molecule has 0 aliphatic carbocycles. The fourth-order valence-corrected chi connectivity index (χ4v) is 2.39. The van der Waals surface area contributed by atoms with Crippen LogP contribution in [0, 0.1) is 20.8 Å². The smallest absolute Gasteiger partial charge is 0.160 e. The summed E-state index contributed by atoms with van der Waals surface area (Å²) in [4.78, 5) is 13.5. The standard InChI is InChI=1S/C16H22N4/c1-11-10-18-9-7-14(11)16-19-12(2)15(13(3)20-16)6-5-8-17-4/h7,9-10,17H,5-6,8H2,1-4H3. The molecule has 0 unspecified atom stereocenters. The highest BCUT2D eigenvalue weighted by Gasteiger charge is 2.11. The van der Waals surface area contributed by atoms with Gasteiger partial charge >= 0.3 is 0 Å². The quantitative estimate of drug-likeness (QED) is 0.849. The van der Waals surface area contributed by atoms with Crippen molar-refractivity contribution < 1.29 is 0 Å². The lowest BCUT2D eigenvalue weighted by Crippen LogP contribution is -2.10. The van der Waals surface area contributed by atoms with Crippen LogP contribution in [0.4, 0.5) is 0 Å². The molecule has 0 spiro atoms. The van der Waals surface area contributed by atoms with Crippen molar-refractivity contribution in [2.24, 2.45) is 0 Å². The number of hydrogen-bond donors (Lipinski definition) is 1. The fraction of sp³-hybridized carbons (Fsp3) is 0.438. The Hall–Kier alpha value is -1.81. The summed E-state index contributed by atoms with van der Waals surface area (Å²) in [6.45, 7) is 7.20. The maximum Gasteiger partial charge on any atom is 0.160 e. The number of aromatic nitrogens is 3. The van der Waals surface area contributed by atoms with E-state index in [1.807, 2.05) is 26.2 Å². The van der Waals surface area contributed by atoms with Gasteiger partial charge in [0.2, 0.25) is 0 Å². The van der Waals surface area contributed by atoms with Gasteiger partial charge in [-0.15, -0.1) is 0 Å². The zero-order chi connectivity index (χ0) is 14.5. The molecule has 0 saturated carbocycles. The minimum Gasteiger partial charge on any atom is -0.320 e. The number of hydrogen-bond acceptors (Lipinski definition) is 4. The predicted octanol–water partition coefficient (Wildman–Crippen LogP) is 2.62. The molecule has 4 heteroatoms. The number of rotatable bonds is 5. The number of nitrogens with one attached hydrogen (secondary N) is 1. The van der Waals surface area contributed by atoms with Crippen molar-refractivity contribution in [3.8, 4) is 11.4 Å². The maximum atomic E-state index is 4.68. The molecule has 0 aliphatic rings. The largest absolute Gasteiger partial charge is 0.320 e. The molecule has 0 aliphatic heterocycles. The molecule has 2 heterocycles. The summed E-state index contributed by atoms with van der Waals surface area (Å²) in [7, 11) is 1.98. The van der Waals surface area contributed by atoms with Gasteiger partial charge in [-0.25, -0.2) is 9.97 Å². The minimum atomic E-state index is 0.803. The van der Waals surface area contributed by atoms with Gasteiger partial charge in [0, 0.05) is 29.3 Å². The Bertz CT molecular complexity index is 570. The molecule has 20 heavy (non-hydrogen) atoms. The van der Waals surface area contributed by atoms with E-state index in [0.29, 0.717) is 0 Å². The van der Waals surface area contributed by atoms with Crippen molar-refractivity contribution in [3.05, 3.63) is 41.0 Å². The van der Waals surface area contributed by atoms with E-state index in [4.69, 9.17) is 0 Å². The van der Waals surface area contributed by atoms with Gasteiger partial charge in [0.15, 0.2) is 5.82 Å². The summed E-state index contributed by atoms with van der Waals surface area (Å²) < 4.78 is 0. The second kappa shape index (κ2) is 6.57. The summed E-state index contributed by atoms with van der Waals surface area (Å²) in [5.74, 6) is 0.803. The Kier molecular flexibility index (Phi) is 4.79. The van der Waals surface area contributed by atoms with Crippen molar-refractivity contribution >= 4 is 0 Å². The minimum absolute atomic E-state index is 0.803.